The number of benzene rings is 1. The molecule has 0 saturated carbocycles. The second kappa shape index (κ2) is 5.75. The summed E-state index contributed by atoms with van der Waals surface area (Å²) >= 11 is 0. The molecule has 2 heterocycles. The molecule has 0 spiro atoms. The van der Waals surface area contributed by atoms with Gasteiger partial charge < -0.3 is 4.74 Å². The summed E-state index contributed by atoms with van der Waals surface area (Å²) in [7, 11) is 3.74. The van der Waals surface area contributed by atoms with Gasteiger partial charge in [-0.1, -0.05) is 18.2 Å². The van der Waals surface area contributed by atoms with E-state index in [4.69, 9.17) is 4.74 Å². The van der Waals surface area contributed by atoms with Gasteiger partial charge in [0.15, 0.2) is 6.20 Å². The maximum Gasteiger partial charge on any atom is 0.216 e. The van der Waals surface area contributed by atoms with E-state index in [-0.39, 0.29) is 0 Å². The molecule has 0 amide bonds. The van der Waals surface area contributed by atoms with E-state index in [1.54, 1.807) is 13.3 Å². The molecule has 0 fully saturated rings. The lowest BCUT2D eigenvalue weighted by atomic mass is 9.97. The maximum absolute atomic E-state index is 5.58. The minimum atomic E-state index is 0.859. The van der Waals surface area contributed by atoms with Gasteiger partial charge in [0.05, 0.1) is 12.7 Å². The van der Waals surface area contributed by atoms with E-state index in [1.165, 1.54) is 0 Å². The molecular weight excluding hydrogens is 260 g/mol. The van der Waals surface area contributed by atoms with Crippen molar-refractivity contribution < 1.29 is 9.30 Å². The van der Waals surface area contributed by atoms with Gasteiger partial charge in [0.1, 0.15) is 12.8 Å². The summed E-state index contributed by atoms with van der Waals surface area (Å²) in [6.07, 6.45) is 5.70. The van der Waals surface area contributed by atoms with Crippen LogP contribution in [-0.2, 0) is 7.05 Å². The van der Waals surface area contributed by atoms with Crippen LogP contribution in [0.4, 0.5) is 0 Å². The number of hydrogen-bond donors (Lipinski definition) is 0. The number of aromatic nitrogens is 2. The minimum absolute atomic E-state index is 0.859. The zero-order chi connectivity index (χ0) is 14.7. The summed E-state index contributed by atoms with van der Waals surface area (Å²) in [5.74, 6) is 0.859. The van der Waals surface area contributed by atoms with Crippen LogP contribution in [0.1, 0.15) is 0 Å². The van der Waals surface area contributed by atoms with Crippen LogP contribution in [0.5, 0.6) is 5.75 Å². The van der Waals surface area contributed by atoms with Crippen molar-refractivity contribution in [2.75, 3.05) is 7.11 Å². The predicted octanol–water partition coefficient (Wildman–Crippen LogP) is 3.25. The lowest BCUT2D eigenvalue weighted by Gasteiger charge is -2.12. The van der Waals surface area contributed by atoms with Gasteiger partial charge in [-0.15, -0.1) is 0 Å². The van der Waals surface area contributed by atoms with Gasteiger partial charge in [-0.05, 0) is 18.2 Å². The highest BCUT2D eigenvalue weighted by Crippen LogP contribution is 2.37. The first-order valence-electron chi connectivity index (χ1n) is 6.83. The van der Waals surface area contributed by atoms with Crippen molar-refractivity contribution in [1.29, 1.82) is 0 Å². The summed E-state index contributed by atoms with van der Waals surface area (Å²) in [6, 6.07) is 16.3. The normalized spacial score (nSPS) is 10.4. The van der Waals surface area contributed by atoms with Gasteiger partial charge in [0.25, 0.3) is 0 Å². The third-order valence-corrected chi connectivity index (χ3v) is 3.53. The Balaban J connectivity index is 2.30. The van der Waals surface area contributed by atoms with Crippen molar-refractivity contribution in [2.24, 2.45) is 7.05 Å². The summed E-state index contributed by atoms with van der Waals surface area (Å²) in [4.78, 5) is 4.23. The standard InChI is InChI=1S/C18H17N2O/c1-20-12-4-3-9-16(20)18-15(8-5-10-17(18)21-2)14-7-6-11-19-13-14/h3-13H,1-2H3/q+1. The van der Waals surface area contributed by atoms with E-state index in [1.807, 2.05) is 49.8 Å². The fourth-order valence-electron chi connectivity index (χ4n) is 2.51. The van der Waals surface area contributed by atoms with Crippen molar-refractivity contribution in [2.45, 2.75) is 0 Å². The van der Waals surface area contributed by atoms with E-state index < -0.39 is 0 Å². The van der Waals surface area contributed by atoms with Crippen molar-refractivity contribution in [1.82, 2.24) is 4.98 Å². The number of ether oxygens (including phenoxy) is 1. The van der Waals surface area contributed by atoms with Crippen LogP contribution in [0, 0.1) is 0 Å². The first-order chi connectivity index (χ1) is 10.3. The molecule has 104 valence electrons. The van der Waals surface area contributed by atoms with Crippen LogP contribution in [-0.4, -0.2) is 12.1 Å². The predicted molar refractivity (Wildman–Crippen MR) is 82.8 cm³/mol. The lowest BCUT2D eigenvalue weighted by molar-refractivity contribution is -0.660. The maximum atomic E-state index is 5.58. The Bertz CT molecular complexity index is 754. The smallest absolute Gasteiger partial charge is 0.216 e. The van der Waals surface area contributed by atoms with Crippen molar-refractivity contribution in [3.63, 3.8) is 0 Å². The first-order valence-corrected chi connectivity index (χ1v) is 6.83. The molecule has 0 aliphatic carbocycles. The molecule has 0 N–H and O–H groups in total. The Kier molecular flexibility index (Phi) is 3.65. The van der Waals surface area contributed by atoms with E-state index in [9.17, 15) is 0 Å². The summed E-state index contributed by atoms with van der Waals surface area (Å²) in [5.41, 5.74) is 4.38. The Labute approximate surface area is 124 Å². The van der Waals surface area contributed by atoms with E-state index in [2.05, 4.69) is 27.8 Å². The second-order valence-electron chi connectivity index (χ2n) is 4.82. The van der Waals surface area contributed by atoms with Crippen LogP contribution in [0.3, 0.4) is 0 Å². The lowest BCUT2D eigenvalue weighted by Crippen LogP contribution is -2.30. The molecule has 0 unspecified atom stereocenters. The van der Waals surface area contributed by atoms with E-state index >= 15 is 0 Å². The molecule has 2 aromatic heterocycles. The fraction of sp³-hybridized carbons (Fsp3) is 0.111. The van der Waals surface area contributed by atoms with Crippen LogP contribution in [0.2, 0.25) is 0 Å². The Morgan fingerprint density at radius 1 is 1.00 bits per heavy atom. The third-order valence-electron chi connectivity index (χ3n) is 3.53. The van der Waals surface area contributed by atoms with Gasteiger partial charge in [0.2, 0.25) is 5.69 Å². The summed E-state index contributed by atoms with van der Waals surface area (Å²) in [6.45, 7) is 0. The molecule has 0 radical (unpaired) electrons. The monoisotopic (exact) mass is 277 g/mol. The zero-order valence-corrected chi connectivity index (χ0v) is 12.2. The van der Waals surface area contributed by atoms with E-state index in [0.717, 1.165) is 28.1 Å². The van der Waals surface area contributed by atoms with Gasteiger partial charge in [-0.25, -0.2) is 4.57 Å². The molecule has 0 atom stereocenters. The number of aryl methyl sites for hydroxylation is 1. The Morgan fingerprint density at radius 3 is 2.62 bits per heavy atom. The fourth-order valence-corrected chi connectivity index (χ4v) is 2.51. The molecule has 1 aromatic carbocycles. The molecule has 0 aliphatic heterocycles. The first kappa shape index (κ1) is 13.3. The average molecular weight is 277 g/mol. The third kappa shape index (κ3) is 2.50. The largest absolute Gasteiger partial charge is 0.496 e. The van der Waals surface area contributed by atoms with Crippen LogP contribution < -0.4 is 9.30 Å². The molecule has 3 heteroatoms. The van der Waals surface area contributed by atoms with Gasteiger partial charge in [-0.3, -0.25) is 4.98 Å². The number of nitrogens with zero attached hydrogens (tertiary/aromatic N) is 2. The highest BCUT2D eigenvalue weighted by molar-refractivity contribution is 5.84. The molecular formula is C18H17N2O+. The molecule has 3 nitrogen and oxygen atoms in total. The SMILES string of the molecule is COc1cccc(-c2cccnc2)c1-c1cccc[n+]1C. The van der Waals surface area contributed by atoms with Crippen molar-refractivity contribution in [3.05, 3.63) is 67.1 Å². The number of hydrogen-bond acceptors (Lipinski definition) is 2. The van der Waals surface area contributed by atoms with Crippen molar-refractivity contribution in [3.8, 4) is 28.1 Å². The summed E-state index contributed by atoms with van der Waals surface area (Å²) < 4.78 is 7.68. The molecule has 21 heavy (non-hydrogen) atoms. The molecule has 3 aromatic rings. The van der Waals surface area contributed by atoms with Crippen LogP contribution in [0.15, 0.2) is 67.1 Å². The minimum Gasteiger partial charge on any atom is -0.496 e. The van der Waals surface area contributed by atoms with Gasteiger partial charge in [0, 0.05) is 35.7 Å². The average Bonchev–Trinajstić information content (AvgIpc) is 2.55. The van der Waals surface area contributed by atoms with Gasteiger partial charge >= 0.3 is 0 Å². The number of pyridine rings is 2. The van der Waals surface area contributed by atoms with Gasteiger partial charge in [-0.2, -0.15) is 0 Å². The topological polar surface area (TPSA) is 26.0 Å². The summed E-state index contributed by atoms with van der Waals surface area (Å²) in [5, 5.41) is 0. The molecule has 3 rings (SSSR count). The zero-order valence-electron chi connectivity index (χ0n) is 12.2. The van der Waals surface area contributed by atoms with E-state index in [0.29, 0.717) is 0 Å². The quantitative estimate of drug-likeness (QED) is 0.687. The Hall–Kier alpha value is -2.68. The highest BCUT2D eigenvalue weighted by atomic mass is 16.5. The highest BCUT2D eigenvalue weighted by Gasteiger charge is 2.19. The van der Waals surface area contributed by atoms with Crippen LogP contribution in [0.25, 0.3) is 22.4 Å². The molecule has 0 aliphatic rings. The molecule has 0 bridgehead atoms. The number of methoxy groups -OCH3 is 1. The van der Waals surface area contributed by atoms with Crippen LogP contribution >= 0.6 is 0 Å². The second-order valence-corrected chi connectivity index (χ2v) is 4.82. The molecule has 0 saturated heterocycles. The van der Waals surface area contributed by atoms with Crippen molar-refractivity contribution >= 4 is 0 Å². The Morgan fingerprint density at radius 2 is 1.90 bits per heavy atom. The number of rotatable bonds is 3.